The number of carbonyl (C=O) groups is 1. The van der Waals surface area contributed by atoms with Crippen molar-refractivity contribution in [1.29, 1.82) is 0 Å². The summed E-state index contributed by atoms with van der Waals surface area (Å²) in [5, 5.41) is 2.92. The van der Waals surface area contributed by atoms with E-state index in [4.69, 9.17) is 22.1 Å². The van der Waals surface area contributed by atoms with Crippen molar-refractivity contribution in [2.75, 3.05) is 17.7 Å². The summed E-state index contributed by atoms with van der Waals surface area (Å²) in [6.45, 7) is 0.138. The Bertz CT molecular complexity index is 649. The number of anilines is 2. The van der Waals surface area contributed by atoms with Gasteiger partial charge >= 0.3 is 0 Å². The van der Waals surface area contributed by atoms with Crippen molar-refractivity contribution >= 4 is 28.9 Å². The van der Waals surface area contributed by atoms with E-state index in [1.165, 1.54) is 18.2 Å². The number of rotatable bonds is 5. The lowest BCUT2D eigenvalue weighted by Gasteiger charge is -2.09. The molecule has 0 atom stereocenters. The van der Waals surface area contributed by atoms with Gasteiger partial charge in [-0.2, -0.15) is 0 Å². The van der Waals surface area contributed by atoms with Gasteiger partial charge in [0, 0.05) is 5.69 Å². The van der Waals surface area contributed by atoms with E-state index in [0.717, 1.165) is 0 Å². The zero-order valence-electron chi connectivity index (χ0n) is 11.1. The molecule has 2 aromatic rings. The van der Waals surface area contributed by atoms with Crippen LogP contribution in [0, 0.1) is 5.82 Å². The first-order valence-corrected chi connectivity index (χ1v) is 6.66. The molecule has 2 aromatic carbocycles. The van der Waals surface area contributed by atoms with Gasteiger partial charge in [-0.15, -0.1) is 0 Å². The fourth-order valence-corrected chi connectivity index (χ4v) is 1.86. The number of nitrogen functional groups attached to an aromatic ring is 1. The van der Waals surface area contributed by atoms with E-state index in [-0.39, 0.29) is 24.6 Å². The number of carbonyl (C=O) groups excluding carboxylic acids is 1. The van der Waals surface area contributed by atoms with Gasteiger partial charge in [-0.1, -0.05) is 23.7 Å². The van der Waals surface area contributed by atoms with Gasteiger partial charge in [0.2, 0.25) is 5.91 Å². The van der Waals surface area contributed by atoms with Crippen molar-refractivity contribution in [3.63, 3.8) is 0 Å². The molecular weight excluding hydrogens is 295 g/mol. The summed E-state index contributed by atoms with van der Waals surface area (Å²) in [7, 11) is 0. The Morgan fingerprint density at radius 3 is 2.81 bits per heavy atom. The smallest absolute Gasteiger partial charge is 0.227 e. The molecular formula is C15H14ClFN2O2. The number of hydrogen-bond donors (Lipinski definition) is 2. The Kier molecular flexibility index (Phi) is 5.00. The zero-order valence-corrected chi connectivity index (χ0v) is 11.9. The van der Waals surface area contributed by atoms with E-state index in [0.29, 0.717) is 16.5 Å². The van der Waals surface area contributed by atoms with Crippen molar-refractivity contribution in [2.45, 2.75) is 6.42 Å². The predicted molar refractivity (Wildman–Crippen MR) is 81.0 cm³/mol. The van der Waals surface area contributed by atoms with Gasteiger partial charge in [0.25, 0.3) is 0 Å². The van der Waals surface area contributed by atoms with Gasteiger partial charge in [0.05, 0.1) is 23.7 Å². The van der Waals surface area contributed by atoms with Crippen molar-refractivity contribution in [1.82, 2.24) is 0 Å². The van der Waals surface area contributed by atoms with Crippen LogP contribution in [0.2, 0.25) is 5.02 Å². The average Bonchev–Trinajstić information content (AvgIpc) is 2.45. The van der Waals surface area contributed by atoms with Gasteiger partial charge in [0.1, 0.15) is 11.6 Å². The zero-order chi connectivity index (χ0) is 15.2. The van der Waals surface area contributed by atoms with Crippen LogP contribution in [-0.4, -0.2) is 12.5 Å². The highest BCUT2D eigenvalue weighted by Gasteiger charge is 2.08. The fourth-order valence-electron chi connectivity index (χ4n) is 1.67. The molecule has 3 N–H and O–H groups in total. The average molecular weight is 309 g/mol. The first-order chi connectivity index (χ1) is 10.1. The SMILES string of the molecule is Nc1ccc(F)c(NC(=O)CCOc2ccccc2Cl)c1. The lowest BCUT2D eigenvalue weighted by Crippen LogP contribution is -2.16. The number of ether oxygens (including phenoxy) is 1. The first kappa shape index (κ1) is 15.1. The van der Waals surface area contributed by atoms with Crippen LogP contribution in [0.25, 0.3) is 0 Å². The van der Waals surface area contributed by atoms with E-state index in [9.17, 15) is 9.18 Å². The third kappa shape index (κ3) is 4.36. The number of nitrogens with one attached hydrogen (secondary N) is 1. The van der Waals surface area contributed by atoms with Crippen molar-refractivity contribution in [3.05, 3.63) is 53.3 Å². The van der Waals surface area contributed by atoms with Crippen LogP contribution in [-0.2, 0) is 4.79 Å². The summed E-state index contributed by atoms with van der Waals surface area (Å²) in [4.78, 5) is 11.7. The summed E-state index contributed by atoms with van der Waals surface area (Å²) in [5.74, 6) is -0.404. The third-order valence-electron chi connectivity index (χ3n) is 2.69. The van der Waals surface area contributed by atoms with Crippen LogP contribution in [0.3, 0.4) is 0 Å². The van der Waals surface area contributed by atoms with Gasteiger partial charge in [-0.3, -0.25) is 4.79 Å². The van der Waals surface area contributed by atoms with E-state index in [1.807, 2.05) is 0 Å². The van der Waals surface area contributed by atoms with Crippen molar-refractivity contribution < 1.29 is 13.9 Å². The molecule has 1 amide bonds. The second-order valence-electron chi connectivity index (χ2n) is 4.32. The topological polar surface area (TPSA) is 64.3 Å². The summed E-state index contributed by atoms with van der Waals surface area (Å²) in [5.41, 5.74) is 5.97. The minimum atomic E-state index is -0.537. The largest absolute Gasteiger partial charge is 0.491 e. The summed E-state index contributed by atoms with van der Waals surface area (Å²) >= 11 is 5.92. The van der Waals surface area contributed by atoms with Crippen LogP contribution in [0.4, 0.5) is 15.8 Å². The molecule has 0 fully saturated rings. The molecule has 0 radical (unpaired) electrons. The first-order valence-electron chi connectivity index (χ1n) is 6.28. The number of para-hydroxylation sites is 1. The maximum atomic E-state index is 13.5. The Labute approximate surface area is 126 Å². The lowest BCUT2D eigenvalue weighted by molar-refractivity contribution is -0.116. The Morgan fingerprint density at radius 1 is 1.29 bits per heavy atom. The summed E-state index contributed by atoms with van der Waals surface area (Å²) in [6, 6.07) is 10.9. The molecule has 6 heteroatoms. The number of benzene rings is 2. The van der Waals surface area contributed by atoms with E-state index in [1.54, 1.807) is 24.3 Å². The number of amides is 1. The van der Waals surface area contributed by atoms with Crippen LogP contribution in [0.5, 0.6) is 5.75 Å². The van der Waals surface area contributed by atoms with Crippen LogP contribution >= 0.6 is 11.6 Å². The van der Waals surface area contributed by atoms with Crippen molar-refractivity contribution in [3.8, 4) is 5.75 Å². The molecule has 0 aliphatic heterocycles. The summed E-state index contributed by atoms with van der Waals surface area (Å²) in [6.07, 6.45) is 0.0689. The van der Waals surface area contributed by atoms with Gasteiger partial charge < -0.3 is 15.8 Å². The maximum Gasteiger partial charge on any atom is 0.227 e. The molecule has 4 nitrogen and oxygen atoms in total. The molecule has 0 saturated carbocycles. The molecule has 0 aliphatic carbocycles. The Morgan fingerprint density at radius 2 is 2.05 bits per heavy atom. The van der Waals surface area contributed by atoms with Crippen molar-refractivity contribution in [2.24, 2.45) is 0 Å². The highest BCUT2D eigenvalue weighted by molar-refractivity contribution is 6.32. The van der Waals surface area contributed by atoms with Gasteiger partial charge in [0.15, 0.2) is 0 Å². The molecule has 0 aromatic heterocycles. The number of halogens is 2. The second kappa shape index (κ2) is 6.95. The molecule has 21 heavy (non-hydrogen) atoms. The van der Waals surface area contributed by atoms with Gasteiger partial charge in [-0.25, -0.2) is 4.39 Å². The second-order valence-corrected chi connectivity index (χ2v) is 4.72. The van der Waals surface area contributed by atoms with E-state index >= 15 is 0 Å². The quantitative estimate of drug-likeness (QED) is 0.831. The van der Waals surface area contributed by atoms with E-state index < -0.39 is 5.82 Å². The monoisotopic (exact) mass is 308 g/mol. The predicted octanol–water partition coefficient (Wildman–Crippen LogP) is 3.47. The molecule has 0 bridgehead atoms. The van der Waals surface area contributed by atoms with Crippen LogP contribution < -0.4 is 15.8 Å². The minimum absolute atomic E-state index is 0.0535. The highest BCUT2D eigenvalue weighted by atomic mass is 35.5. The standard InChI is InChI=1S/C15H14ClFN2O2/c16-11-3-1-2-4-14(11)21-8-7-15(20)19-13-9-10(18)5-6-12(13)17/h1-6,9H,7-8,18H2,(H,19,20). The molecule has 0 heterocycles. The molecule has 0 saturated heterocycles. The Balaban J connectivity index is 1.85. The van der Waals surface area contributed by atoms with Gasteiger partial charge in [-0.05, 0) is 30.3 Å². The summed E-state index contributed by atoms with van der Waals surface area (Å²) < 4.78 is 18.8. The number of nitrogens with two attached hydrogens (primary N) is 1. The molecule has 0 unspecified atom stereocenters. The Hall–Kier alpha value is -2.27. The fraction of sp³-hybridized carbons (Fsp3) is 0.133. The van der Waals surface area contributed by atoms with E-state index in [2.05, 4.69) is 5.32 Å². The molecule has 110 valence electrons. The lowest BCUT2D eigenvalue weighted by atomic mass is 10.2. The maximum absolute atomic E-state index is 13.5. The highest BCUT2D eigenvalue weighted by Crippen LogP contribution is 2.23. The van der Waals surface area contributed by atoms with Crippen LogP contribution in [0.15, 0.2) is 42.5 Å². The minimum Gasteiger partial charge on any atom is -0.491 e. The molecule has 2 rings (SSSR count). The number of hydrogen-bond acceptors (Lipinski definition) is 3. The molecule has 0 aliphatic rings. The normalized spacial score (nSPS) is 10.2. The molecule has 0 spiro atoms. The van der Waals surface area contributed by atoms with Crippen LogP contribution in [0.1, 0.15) is 6.42 Å². The third-order valence-corrected chi connectivity index (χ3v) is 3.00.